The summed E-state index contributed by atoms with van der Waals surface area (Å²) in [4.78, 5) is 14.2. The summed E-state index contributed by atoms with van der Waals surface area (Å²) in [7, 11) is -3.74. The first-order valence-corrected chi connectivity index (χ1v) is 11.5. The number of halogens is 1. The van der Waals surface area contributed by atoms with Gasteiger partial charge in [0.05, 0.1) is 12.2 Å². The number of para-hydroxylation sites is 1. The zero-order chi connectivity index (χ0) is 21.8. The van der Waals surface area contributed by atoms with Crippen LogP contribution in [0.25, 0.3) is 0 Å². The predicted octanol–water partition coefficient (Wildman–Crippen LogP) is 4.54. The standard InChI is InChI=1S/C23H19ClN2O4S/c24-18-13-11-17(12-14-18)23(27)30-16-6-15-26(19-7-2-1-3-8-19)22-20-9-4-5-10-21(20)31(28,29)25-22/h1-5,7-14H,6,15-16H2. The fraction of sp³-hybridized carbons (Fsp3) is 0.130. The molecule has 3 aromatic carbocycles. The summed E-state index contributed by atoms with van der Waals surface area (Å²) in [6.45, 7) is 0.590. The first kappa shape index (κ1) is 21.1. The molecule has 0 saturated heterocycles. The minimum absolute atomic E-state index is 0.173. The minimum Gasteiger partial charge on any atom is -0.462 e. The molecule has 0 fully saturated rings. The van der Waals surface area contributed by atoms with Crippen LogP contribution in [0.1, 0.15) is 22.3 Å². The maximum absolute atomic E-state index is 12.5. The number of carbonyl (C=O) groups is 1. The van der Waals surface area contributed by atoms with Crippen LogP contribution >= 0.6 is 11.6 Å². The van der Waals surface area contributed by atoms with Crippen LogP contribution in [0.15, 0.2) is 88.2 Å². The molecule has 0 spiro atoms. The minimum atomic E-state index is -3.74. The molecule has 0 aromatic heterocycles. The average Bonchev–Trinajstić information content (AvgIpc) is 3.05. The van der Waals surface area contributed by atoms with Crippen LogP contribution in [-0.2, 0) is 14.8 Å². The van der Waals surface area contributed by atoms with Gasteiger partial charge in [-0.2, -0.15) is 8.42 Å². The van der Waals surface area contributed by atoms with Crippen LogP contribution in [0.5, 0.6) is 0 Å². The summed E-state index contributed by atoms with van der Waals surface area (Å²) in [5.74, 6) is -0.0696. The second kappa shape index (κ2) is 8.91. The Balaban J connectivity index is 1.50. The van der Waals surface area contributed by atoms with E-state index in [0.717, 1.165) is 5.69 Å². The number of fused-ring (bicyclic) bond motifs is 1. The van der Waals surface area contributed by atoms with Gasteiger partial charge in [-0.25, -0.2) is 4.79 Å². The number of hydrogen-bond donors (Lipinski definition) is 0. The number of esters is 1. The fourth-order valence-electron chi connectivity index (χ4n) is 3.31. The SMILES string of the molecule is O=C(OCCCN(C1=NS(=O)(=O)c2ccccc21)c1ccccc1)c1ccc(Cl)cc1. The topological polar surface area (TPSA) is 76.0 Å². The molecule has 0 amide bonds. The molecule has 1 heterocycles. The lowest BCUT2D eigenvalue weighted by Gasteiger charge is -2.24. The van der Waals surface area contributed by atoms with Crippen LogP contribution in [0, 0.1) is 0 Å². The molecule has 3 aromatic rings. The molecular formula is C23H19ClN2O4S. The number of nitrogens with zero attached hydrogens (tertiary/aromatic N) is 2. The summed E-state index contributed by atoms with van der Waals surface area (Å²) in [5.41, 5.74) is 1.78. The lowest BCUT2D eigenvalue weighted by molar-refractivity contribution is 0.0503. The second-order valence-electron chi connectivity index (χ2n) is 6.87. The monoisotopic (exact) mass is 454 g/mol. The molecule has 0 bridgehead atoms. The van der Waals surface area contributed by atoms with Gasteiger partial charge >= 0.3 is 5.97 Å². The Labute approximate surface area is 185 Å². The van der Waals surface area contributed by atoms with Gasteiger partial charge in [-0.1, -0.05) is 41.9 Å². The number of ether oxygens (including phenoxy) is 1. The molecule has 0 atom stereocenters. The summed E-state index contributed by atoms with van der Waals surface area (Å²) in [6, 6.07) is 22.6. The molecule has 0 N–H and O–H groups in total. The van der Waals surface area contributed by atoms with E-state index in [1.54, 1.807) is 48.5 Å². The van der Waals surface area contributed by atoms with Gasteiger partial charge in [-0.3, -0.25) is 0 Å². The lowest BCUT2D eigenvalue weighted by Crippen LogP contribution is -2.32. The van der Waals surface area contributed by atoms with E-state index in [2.05, 4.69) is 4.40 Å². The van der Waals surface area contributed by atoms with Crippen molar-refractivity contribution >= 4 is 39.1 Å². The first-order valence-electron chi connectivity index (χ1n) is 9.65. The number of carbonyl (C=O) groups excluding carboxylic acids is 1. The third kappa shape index (κ3) is 4.62. The molecular weight excluding hydrogens is 436 g/mol. The van der Waals surface area contributed by atoms with Crippen LogP contribution in [-0.4, -0.2) is 33.4 Å². The lowest BCUT2D eigenvalue weighted by atomic mass is 10.1. The van der Waals surface area contributed by atoms with E-state index in [4.69, 9.17) is 16.3 Å². The molecule has 31 heavy (non-hydrogen) atoms. The van der Waals surface area contributed by atoms with E-state index >= 15 is 0 Å². The highest BCUT2D eigenvalue weighted by Gasteiger charge is 2.32. The number of benzene rings is 3. The number of anilines is 1. The normalized spacial score (nSPS) is 13.9. The Morgan fingerprint density at radius 3 is 2.35 bits per heavy atom. The molecule has 0 aliphatic carbocycles. The summed E-state index contributed by atoms with van der Waals surface area (Å²) in [6.07, 6.45) is 0.482. The summed E-state index contributed by atoms with van der Waals surface area (Å²) >= 11 is 5.84. The quantitative estimate of drug-likeness (QED) is 0.403. The van der Waals surface area contributed by atoms with Crippen molar-refractivity contribution in [1.82, 2.24) is 0 Å². The maximum atomic E-state index is 12.5. The number of sulfonamides is 1. The molecule has 1 aliphatic rings. The Bertz CT molecular complexity index is 1230. The van der Waals surface area contributed by atoms with Crippen LogP contribution in [0.3, 0.4) is 0 Å². The second-order valence-corrected chi connectivity index (χ2v) is 8.88. The average molecular weight is 455 g/mol. The molecule has 0 unspecified atom stereocenters. The van der Waals surface area contributed by atoms with Crippen molar-refractivity contribution in [3.63, 3.8) is 0 Å². The van der Waals surface area contributed by atoms with Crippen molar-refractivity contribution in [2.75, 3.05) is 18.1 Å². The number of rotatable bonds is 6. The van der Waals surface area contributed by atoms with E-state index in [0.29, 0.717) is 35.0 Å². The third-order valence-corrected chi connectivity index (χ3v) is 6.35. The maximum Gasteiger partial charge on any atom is 0.338 e. The van der Waals surface area contributed by atoms with Crippen molar-refractivity contribution in [3.05, 3.63) is 95.0 Å². The van der Waals surface area contributed by atoms with Crippen LogP contribution in [0.4, 0.5) is 5.69 Å². The van der Waals surface area contributed by atoms with Crippen molar-refractivity contribution in [2.24, 2.45) is 4.40 Å². The van der Waals surface area contributed by atoms with Gasteiger partial charge in [0.1, 0.15) is 4.90 Å². The van der Waals surface area contributed by atoms with Gasteiger partial charge in [0.15, 0.2) is 5.84 Å². The highest BCUT2D eigenvalue weighted by Crippen LogP contribution is 2.30. The molecule has 0 saturated carbocycles. The Morgan fingerprint density at radius 1 is 0.935 bits per heavy atom. The zero-order valence-electron chi connectivity index (χ0n) is 16.4. The predicted molar refractivity (Wildman–Crippen MR) is 120 cm³/mol. The molecule has 6 nitrogen and oxygen atoms in total. The largest absolute Gasteiger partial charge is 0.462 e. The van der Waals surface area contributed by atoms with Gasteiger partial charge in [-0.05, 0) is 55.0 Å². The number of hydrogen-bond acceptors (Lipinski definition) is 5. The van der Waals surface area contributed by atoms with Crippen molar-refractivity contribution in [2.45, 2.75) is 11.3 Å². The van der Waals surface area contributed by atoms with Crippen molar-refractivity contribution < 1.29 is 17.9 Å². The van der Waals surface area contributed by atoms with E-state index in [1.807, 2.05) is 35.2 Å². The van der Waals surface area contributed by atoms with Crippen LogP contribution in [0.2, 0.25) is 5.02 Å². The van der Waals surface area contributed by atoms with E-state index in [-0.39, 0.29) is 11.5 Å². The Kier molecular flexibility index (Phi) is 6.06. The van der Waals surface area contributed by atoms with Gasteiger partial charge in [-0.15, -0.1) is 4.40 Å². The summed E-state index contributed by atoms with van der Waals surface area (Å²) < 4.78 is 34.4. The van der Waals surface area contributed by atoms with Gasteiger partial charge in [0, 0.05) is 22.8 Å². The highest BCUT2D eigenvalue weighted by atomic mass is 35.5. The zero-order valence-corrected chi connectivity index (χ0v) is 18.0. The number of amidine groups is 1. The first-order chi connectivity index (χ1) is 15.0. The molecule has 4 rings (SSSR count). The smallest absolute Gasteiger partial charge is 0.338 e. The van der Waals surface area contributed by atoms with Crippen molar-refractivity contribution in [3.8, 4) is 0 Å². The fourth-order valence-corrected chi connectivity index (χ4v) is 4.64. The highest BCUT2D eigenvalue weighted by molar-refractivity contribution is 7.90. The van der Waals surface area contributed by atoms with Gasteiger partial charge < -0.3 is 9.64 Å². The molecule has 158 valence electrons. The van der Waals surface area contributed by atoms with Crippen LogP contribution < -0.4 is 4.90 Å². The van der Waals surface area contributed by atoms with E-state index < -0.39 is 16.0 Å². The van der Waals surface area contributed by atoms with Gasteiger partial charge in [0.25, 0.3) is 10.0 Å². The Hall–Kier alpha value is -3.16. The third-order valence-electron chi connectivity index (χ3n) is 4.78. The van der Waals surface area contributed by atoms with E-state index in [1.165, 1.54) is 0 Å². The van der Waals surface area contributed by atoms with E-state index in [9.17, 15) is 13.2 Å². The molecule has 8 heteroatoms. The molecule has 1 aliphatic heterocycles. The summed E-state index contributed by atoms with van der Waals surface area (Å²) in [5, 5.41) is 0.544. The Morgan fingerprint density at radius 2 is 1.61 bits per heavy atom. The van der Waals surface area contributed by atoms with Gasteiger partial charge in [0.2, 0.25) is 0 Å². The van der Waals surface area contributed by atoms with Crippen molar-refractivity contribution in [1.29, 1.82) is 0 Å². The molecule has 0 radical (unpaired) electrons.